The SMILES string of the molecule is O=C(NCC(C1CCOC1)N1CCCC1)Nc1ccc(C(=O)N2CCOCC2)cc1. The van der Waals surface area contributed by atoms with Crippen LogP contribution >= 0.6 is 0 Å². The van der Waals surface area contributed by atoms with Crippen molar-refractivity contribution in [3.8, 4) is 0 Å². The van der Waals surface area contributed by atoms with Crippen molar-refractivity contribution in [2.75, 3.05) is 64.5 Å². The van der Waals surface area contributed by atoms with E-state index in [0.717, 1.165) is 32.7 Å². The number of anilines is 1. The average Bonchev–Trinajstić information content (AvgIpc) is 3.50. The van der Waals surface area contributed by atoms with Crippen molar-refractivity contribution >= 4 is 17.6 Å². The second-order valence-corrected chi connectivity index (χ2v) is 8.25. The first kappa shape index (κ1) is 21.1. The van der Waals surface area contributed by atoms with Crippen molar-refractivity contribution < 1.29 is 19.1 Å². The van der Waals surface area contributed by atoms with Crippen LogP contribution < -0.4 is 10.6 Å². The molecule has 3 saturated heterocycles. The molecule has 4 rings (SSSR count). The van der Waals surface area contributed by atoms with Crippen LogP contribution in [0.5, 0.6) is 0 Å². The number of ether oxygens (including phenoxy) is 2. The molecule has 3 fully saturated rings. The van der Waals surface area contributed by atoms with Gasteiger partial charge in [-0.05, 0) is 56.6 Å². The highest BCUT2D eigenvalue weighted by Gasteiger charge is 2.32. The summed E-state index contributed by atoms with van der Waals surface area (Å²) in [5.41, 5.74) is 1.30. The standard InChI is InChI=1S/C22H32N4O4/c27-21(26-10-13-29-14-11-26)17-3-5-19(6-4-17)24-22(28)23-15-20(18-7-12-30-16-18)25-8-1-2-9-25/h3-6,18,20H,1-2,7-16H2,(H2,23,24,28). The number of carbonyl (C=O) groups excluding carboxylic acids is 2. The number of rotatable bonds is 6. The maximum atomic E-state index is 12.5. The molecule has 164 valence electrons. The molecule has 3 heterocycles. The third-order valence-electron chi connectivity index (χ3n) is 6.28. The molecule has 0 radical (unpaired) electrons. The number of nitrogens with one attached hydrogen (secondary N) is 2. The number of morpholine rings is 1. The molecule has 8 heteroatoms. The minimum atomic E-state index is -0.217. The number of carbonyl (C=O) groups is 2. The number of likely N-dealkylation sites (tertiary alicyclic amines) is 1. The molecule has 0 bridgehead atoms. The zero-order valence-corrected chi connectivity index (χ0v) is 17.5. The van der Waals surface area contributed by atoms with E-state index in [1.165, 1.54) is 12.8 Å². The number of urea groups is 1. The van der Waals surface area contributed by atoms with E-state index in [9.17, 15) is 9.59 Å². The normalized spacial score (nSPS) is 23.3. The van der Waals surface area contributed by atoms with Gasteiger partial charge in [-0.2, -0.15) is 0 Å². The molecule has 0 saturated carbocycles. The Balaban J connectivity index is 1.28. The minimum Gasteiger partial charge on any atom is -0.381 e. The number of hydrogen-bond acceptors (Lipinski definition) is 5. The van der Waals surface area contributed by atoms with Crippen LogP contribution in [0.1, 0.15) is 29.6 Å². The lowest BCUT2D eigenvalue weighted by Gasteiger charge is -2.32. The predicted octanol–water partition coefficient (Wildman–Crippen LogP) is 1.78. The van der Waals surface area contributed by atoms with Crippen LogP contribution in [0.4, 0.5) is 10.5 Å². The third-order valence-corrected chi connectivity index (χ3v) is 6.28. The quantitative estimate of drug-likeness (QED) is 0.739. The van der Waals surface area contributed by atoms with Gasteiger partial charge in [0, 0.05) is 49.5 Å². The van der Waals surface area contributed by atoms with E-state index < -0.39 is 0 Å². The van der Waals surface area contributed by atoms with Gasteiger partial charge in [-0.1, -0.05) is 0 Å². The van der Waals surface area contributed by atoms with E-state index >= 15 is 0 Å². The van der Waals surface area contributed by atoms with Crippen molar-refractivity contribution in [2.24, 2.45) is 5.92 Å². The monoisotopic (exact) mass is 416 g/mol. The Morgan fingerprint density at radius 2 is 1.73 bits per heavy atom. The summed E-state index contributed by atoms with van der Waals surface area (Å²) in [7, 11) is 0. The fraction of sp³-hybridized carbons (Fsp3) is 0.636. The van der Waals surface area contributed by atoms with Gasteiger partial charge in [-0.3, -0.25) is 9.69 Å². The summed E-state index contributed by atoms with van der Waals surface area (Å²) >= 11 is 0. The van der Waals surface area contributed by atoms with Crippen molar-refractivity contribution in [1.29, 1.82) is 0 Å². The molecule has 8 nitrogen and oxygen atoms in total. The summed E-state index contributed by atoms with van der Waals surface area (Å²) in [5.74, 6) is 0.482. The molecule has 2 N–H and O–H groups in total. The highest BCUT2D eigenvalue weighted by Crippen LogP contribution is 2.24. The lowest BCUT2D eigenvalue weighted by molar-refractivity contribution is 0.0303. The fourth-order valence-corrected chi connectivity index (χ4v) is 4.54. The van der Waals surface area contributed by atoms with Crippen LogP contribution in [0, 0.1) is 5.92 Å². The first-order valence-corrected chi connectivity index (χ1v) is 11.0. The third kappa shape index (κ3) is 5.30. The Morgan fingerprint density at radius 3 is 2.40 bits per heavy atom. The zero-order valence-electron chi connectivity index (χ0n) is 17.5. The minimum absolute atomic E-state index is 0.00143. The van der Waals surface area contributed by atoms with Gasteiger partial charge in [0.2, 0.25) is 0 Å². The highest BCUT2D eigenvalue weighted by atomic mass is 16.5. The van der Waals surface area contributed by atoms with Crippen LogP contribution in [0.15, 0.2) is 24.3 Å². The molecular formula is C22H32N4O4. The maximum Gasteiger partial charge on any atom is 0.319 e. The lowest BCUT2D eigenvalue weighted by Crippen LogP contribution is -2.48. The van der Waals surface area contributed by atoms with E-state index in [-0.39, 0.29) is 11.9 Å². The Kier molecular flexibility index (Phi) is 7.20. The van der Waals surface area contributed by atoms with Gasteiger partial charge < -0.3 is 25.0 Å². The summed E-state index contributed by atoms with van der Waals surface area (Å²) in [4.78, 5) is 29.3. The van der Waals surface area contributed by atoms with E-state index in [4.69, 9.17) is 9.47 Å². The molecule has 3 aliphatic heterocycles. The summed E-state index contributed by atoms with van der Waals surface area (Å²) in [6.07, 6.45) is 3.51. The van der Waals surface area contributed by atoms with Gasteiger partial charge in [0.05, 0.1) is 19.8 Å². The van der Waals surface area contributed by atoms with Crippen molar-refractivity contribution in [1.82, 2.24) is 15.1 Å². The van der Waals surface area contributed by atoms with Gasteiger partial charge in [0.25, 0.3) is 5.91 Å². The number of amides is 3. The van der Waals surface area contributed by atoms with E-state index in [2.05, 4.69) is 15.5 Å². The molecule has 0 spiro atoms. The lowest BCUT2D eigenvalue weighted by atomic mass is 9.97. The van der Waals surface area contributed by atoms with Gasteiger partial charge in [-0.15, -0.1) is 0 Å². The van der Waals surface area contributed by atoms with E-state index in [1.807, 2.05) is 0 Å². The summed E-state index contributed by atoms with van der Waals surface area (Å²) in [6.45, 7) is 6.81. The molecule has 30 heavy (non-hydrogen) atoms. The van der Waals surface area contributed by atoms with E-state index in [1.54, 1.807) is 29.2 Å². The number of benzene rings is 1. The Labute approximate surface area is 177 Å². The largest absolute Gasteiger partial charge is 0.381 e. The first-order chi connectivity index (χ1) is 14.7. The van der Waals surface area contributed by atoms with Crippen molar-refractivity contribution in [3.63, 3.8) is 0 Å². The molecular weight excluding hydrogens is 384 g/mol. The molecule has 1 aromatic carbocycles. The topological polar surface area (TPSA) is 83.1 Å². The molecule has 2 unspecified atom stereocenters. The smallest absolute Gasteiger partial charge is 0.319 e. The Morgan fingerprint density at radius 1 is 1.00 bits per heavy atom. The molecule has 0 aromatic heterocycles. The number of hydrogen-bond donors (Lipinski definition) is 2. The molecule has 2 atom stereocenters. The second kappa shape index (κ2) is 10.2. The summed E-state index contributed by atoms with van der Waals surface area (Å²) in [6, 6.07) is 7.18. The van der Waals surface area contributed by atoms with Crippen LogP contribution in [0.25, 0.3) is 0 Å². The Hall–Kier alpha value is -2.16. The maximum absolute atomic E-state index is 12.5. The van der Waals surface area contributed by atoms with Crippen LogP contribution in [0.3, 0.4) is 0 Å². The Bertz CT molecular complexity index is 692. The second-order valence-electron chi connectivity index (χ2n) is 8.25. The van der Waals surface area contributed by atoms with Crippen molar-refractivity contribution in [2.45, 2.75) is 25.3 Å². The molecule has 3 amide bonds. The van der Waals surface area contributed by atoms with Crippen LogP contribution in [0.2, 0.25) is 0 Å². The molecule has 0 aliphatic carbocycles. The first-order valence-electron chi connectivity index (χ1n) is 11.0. The molecule has 1 aromatic rings. The van der Waals surface area contributed by atoms with Crippen LogP contribution in [-0.2, 0) is 9.47 Å². The number of nitrogens with zero attached hydrogens (tertiary/aromatic N) is 2. The van der Waals surface area contributed by atoms with Crippen molar-refractivity contribution in [3.05, 3.63) is 29.8 Å². The van der Waals surface area contributed by atoms with Gasteiger partial charge in [0.15, 0.2) is 0 Å². The van der Waals surface area contributed by atoms with Gasteiger partial charge in [-0.25, -0.2) is 4.79 Å². The predicted molar refractivity (Wildman–Crippen MR) is 114 cm³/mol. The summed E-state index contributed by atoms with van der Waals surface area (Å²) < 4.78 is 10.9. The van der Waals surface area contributed by atoms with Gasteiger partial charge in [0.1, 0.15) is 0 Å². The van der Waals surface area contributed by atoms with Crippen LogP contribution in [-0.4, -0.2) is 86.9 Å². The summed E-state index contributed by atoms with van der Waals surface area (Å²) in [5, 5.41) is 5.92. The molecule has 3 aliphatic rings. The highest BCUT2D eigenvalue weighted by molar-refractivity contribution is 5.95. The zero-order chi connectivity index (χ0) is 20.8. The van der Waals surface area contributed by atoms with Gasteiger partial charge >= 0.3 is 6.03 Å². The fourth-order valence-electron chi connectivity index (χ4n) is 4.54. The average molecular weight is 417 g/mol. The van der Waals surface area contributed by atoms with E-state index in [0.29, 0.717) is 56.1 Å².